The van der Waals surface area contributed by atoms with Crippen molar-refractivity contribution in [2.45, 2.75) is 32.7 Å². The lowest BCUT2D eigenvalue weighted by Gasteiger charge is -2.28. The Morgan fingerprint density at radius 1 is 1.10 bits per heavy atom. The number of para-hydroxylation sites is 2. The average molecular weight is 418 g/mol. The van der Waals surface area contributed by atoms with Crippen molar-refractivity contribution in [2.24, 2.45) is 0 Å². The van der Waals surface area contributed by atoms with Gasteiger partial charge in [0.2, 0.25) is 5.91 Å². The van der Waals surface area contributed by atoms with Crippen LogP contribution in [0.2, 0.25) is 0 Å². The minimum absolute atomic E-state index is 0.0766. The molecule has 0 bridgehead atoms. The Kier molecular flexibility index (Phi) is 5.50. The molecule has 7 heteroatoms. The first kappa shape index (κ1) is 20.7. The van der Waals surface area contributed by atoms with Crippen molar-refractivity contribution in [3.8, 4) is 5.75 Å². The number of ether oxygens (including phenoxy) is 1. The Morgan fingerprint density at radius 2 is 1.84 bits per heavy atom. The van der Waals surface area contributed by atoms with Crippen LogP contribution in [0.15, 0.2) is 60.8 Å². The van der Waals surface area contributed by atoms with Crippen molar-refractivity contribution in [1.29, 1.82) is 0 Å². The second-order valence-electron chi connectivity index (χ2n) is 8.61. The van der Waals surface area contributed by atoms with E-state index in [0.717, 1.165) is 5.56 Å². The smallest absolute Gasteiger partial charge is 0.265 e. The fourth-order valence-electron chi connectivity index (χ4n) is 3.50. The third-order valence-electron chi connectivity index (χ3n) is 5.25. The summed E-state index contributed by atoms with van der Waals surface area (Å²) in [7, 11) is 0. The SMILES string of the molecule is CC(C)(C)c1ccc(Cn2nccc2NC(=O)CN2C(=O)COc3ccccc32)cc1. The zero-order valence-electron chi connectivity index (χ0n) is 18.0. The molecule has 160 valence electrons. The summed E-state index contributed by atoms with van der Waals surface area (Å²) in [5.74, 6) is 0.633. The summed E-state index contributed by atoms with van der Waals surface area (Å²) in [6, 6.07) is 17.4. The highest BCUT2D eigenvalue weighted by Gasteiger charge is 2.27. The highest BCUT2D eigenvalue weighted by atomic mass is 16.5. The lowest BCUT2D eigenvalue weighted by molar-refractivity contribution is -0.123. The molecule has 0 fully saturated rings. The van der Waals surface area contributed by atoms with E-state index in [9.17, 15) is 9.59 Å². The number of rotatable bonds is 5. The van der Waals surface area contributed by atoms with Gasteiger partial charge in [-0.3, -0.25) is 14.5 Å². The first-order chi connectivity index (χ1) is 14.8. The van der Waals surface area contributed by atoms with Crippen molar-refractivity contribution in [2.75, 3.05) is 23.4 Å². The molecule has 7 nitrogen and oxygen atoms in total. The topological polar surface area (TPSA) is 76.5 Å². The summed E-state index contributed by atoms with van der Waals surface area (Å²) < 4.78 is 7.17. The summed E-state index contributed by atoms with van der Waals surface area (Å²) in [5, 5.41) is 7.21. The molecule has 0 atom stereocenters. The van der Waals surface area contributed by atoms with Gasteiger partial charge in [0.25, 0.3) is 5.91 Å². The second-order valence-corrected chi connectivity index (χ2v) is 8.61. The molecule has 0 radical (unpaired) electrons. The molecule has 1 aliphatic rings. The third kappa shape index (κ3) is 4.60. The molecule has 2 amide bonds. The zero-order chi connectivity index (χ0) is 22.0. The Morgan fingerprint density at radius 3 is 2.58 bits per heavy atom. The second kappa shape index (κ2) is 8.26. The summed E-state index contributed by atoms with van der Waals surface area (Å²) in [4.78, 5) is 26.5. The molecule has 0 saturated heterocycles. The molecule has 1 aliphatic heterocycles. The number of fused-ring (bicyclic) bond motifs is 1. The fraction of sp³-hybridized carbons (Fsp3) is 0.292. The molecule has 4 rings (SSSR count). The molecular weight excluding hydrogens is 392 g/mol. The van der Waals surface area contributed by atoms with Crippen molar-refractivity contribution in [3.63, 3.8) is 0 Å². The van der Waals surface area contributed by atoms with Crippen LogP contribution in [0.1, 0.15) is 31.9 Å². The lowest BCUT2D eigenvalue weighted by atomic mass is 9.87. The monoisotopic (exact) mass is 418 g/mol. The summed E-state index contributed by atoms with van der Waals surface area (Å²) in [6.45, 7) is 6.91. The van der Waals surface area contributed by atoms with E-state index in [-0.39, 0.29) is 30.4 Å². The molecule has 1 aromatic heterocycles. The van der Waals surface area contributed by atoms with Crippen LogP contribution in [0.3, 0.4) is 0 Å². The number of carbonyl (C=O) groups excluding carboxylic acids is 2. The number of anilines is 2. The van der Waals surface area contributed by atoms with Crippen LogP contribution in [0, 0.1) is 0 Å². The lowest BCUT2D eigenvalue weighted by Crippen LogP contribution is -2.43. The molecule has 0 unspecified atom stereocenters. The summed E-state index contributed by atoms with van der Waals surface area (Å²) in [5.41, 5.74) is 3.05. The first-order valence-electron chi connectivity index (χ1n) is 10.2. The normalized spacial score (nSPS) is 13.5. The fourth-order valence-corrected chi connectivity index (χ4v) is 3.50. The van der Waals surface area contributed by atoms with Gasteiger partial charge < -0.3 is 10.1 Å². The largest absolute Gasteiger partial charge is 0.482 e. The van der Waals surface area contributed by atoms with E-state index in [1.807, 2.05) is 12.1 Å². The van der Waals surface area contributed by atoms with Crippen LogP contribution in [0.4, 0.5) is 11.5 Å². The molecule has 0 spiro atoms. The molecule has 2 heterocycles. The predicted molar refractivity (Wildman–Crippen MR) is 119 cm³/mol. The van der Waals surface area contributed by atoms with E-state index in [1.54, 1.807) is 29.1 Å². The number of hydrogen-bond acceptors (Lipinski definition) is 4. The number of nitrogens with zero attached hydrogens (tertiary/aromatic N) is 3. The first-order valence-corrected chi connectivity index (χ1v) is 10.2. The highest BCUT2D eigenvalue weighted by molar-refractivity contribution is 6.04. The van der Waals surface area contributed by atoms with E-state index in [2.05, 4.69) is 55.5 Å². The van der Waals surface area contributed by atoms with E-state index in [4.69, 9.17) is 4.74 Å². The van der Waals surface area contributed by atoms with Gasteiger partial charge in [-0.15, -0.1) is 0 Å². The van der Waals surface area contributed by atoms with Crippen LogP contribution < -0.4 is 15.0 Å². The molecular formula is C24H26N4O3. The third-order valence-corrected chi connectivity index (χ3v) is 5.25. The van der Waals surface area contributed by atoms with E-state index in [1.165, 1.54) is 10.5 Å². The van der Waals surface area contributed by atoms with Gasteiger partial charge >= 0.3 is 0 Å². The van der Waals surface area contributed by atoms with Gasteiger partial charge in [0.05, 0.1) is 18.4 Å². The Bertz CT molecular complexity index is 1100. The maximum absolute atomic E-state index is 12.7. The molecule has 3 aromatic rings. The molecule has 0 saturated carbocycles. The summed E-state index contributed by atoms with van der Waals surface area (Å²) >= 11 is 0. The highest BCUT2D eigenvalue weighted by Crippen LogP contribution is 2.31. The van der Waals surface area contributed by atoms with Gasteiger partial charge in [-0.05, 0) is 28.7 Å². The van der Waals surface area contributed by atoms with Gasteiger partial charge in [-0.2, -0.15) is 5.10 Å². The van der Waals surface area contributed by atoms with Crippen LogP contribution in [0.25, 0.3) is 0 Å². The number of aromatic nitrogens is 2. The number of hydrogen-bond donors (Lipinski definition) is 1. The standard InChI is InChI=1S/C24H26N4O3/c1-24(2,3)18-10-8-17(9-11-18)14-28-21(12-13-25-28)26-22(29)15-27-19-6-4-5-7-20(19)31-16-23(27)30/h4-13H,14-16H2,1-3H3,(H,26,29). The number of benzene rings is 2. The van der Waals surface area contributed by atoms with Gasteiger partial charge in [0, 0.05) is 6.07 Å². The van der Waals surface area contributed by atoms with Crippen molar-refractivity contribution < 1.29 is 14.3 Å². The van der Waals surface area contributed by atoms with Crippen LogP contribution >= 0.6 is 0 Å². The van der Waals surface area contributed by atoms with Crippen molar-refractivity contribution >= 4 is 23.3 Å². The van der Waals surface area contributed by atoms with Gasteiger partial charge in [0.1, 0.15) is 18.1 Å². The van der Waals surface area contributed by atoms with Crippen molar-refractivity contribution in [3.05, 3.63) is 71.9 Å². The quantitative estimate of drug-likeness (QED) is 0.687. The minimum atomic E-state index is -0.296. The minimum Gasteiger partial charge on any atom is -0.482 e. The van der Waals surface area contributed by atoms with E-state index >= 15 is 0 Å². The van der Waals surface area contributed by atoms with Gasteiger partial charge in [-0.25, -0.2) is 4.68 Å². The Labute approximate surface area is 181 Å². The Hall–Kier alpha value is -3.61. The van der Waals surface area contributed by atoms with Crippen LogP contribution in [-0.2, 0) is 21.5 Å². The summed E-state index contributed by atoms with van der Waals surface area (Å²) in [6.07, 6.45) is 1.65. The Balaban J connectivity index is 1.44. The average Bonchev–Trinajstić information content (AvgIpc) is 3.16. The van der Waals surface area contributed by atoms with Gasteiger partial charge in [-0.1, -0.05) is 57.2 Å². The number of amides is 2. The van der Waals surface area contributed by atoms with Crippen molar-refractivity contribution in [1.82, 2.24) is 9.78 Å². The molecule has 31 heavy (non-hydrogen) atoms. The molecule has 1 N–H and O–H groups in total. The van der Waals surface area contributed by atoms with Crippen LogP contribution in [-0.4, -0.2) is 34.7 Å². The molecule has 0 aliphatic carbocycles. The maximum Gasteiger partial charge on any atom is 0.265 e. The van der Waals surface area contributed by atoms with Gasteiger partial charge in [0.15, 0.2) is 6.61 Å². The van der Waals surface area contributed by atoms with E-state index in [0.29, 0.717) is 23.8 Å². The molecule has 2 aromatic carbocycles. The predicted octanol–water partition coefficient (Wildman–Crippen LogP) is 3.59. The number of carbonyl (C=O) groups is 2. The number of nitrogens with one attached hydrogen (secondary N) is 1. The van der Waals surface area contributed by atoms with E-state index < -0.39 is 0 Å². The van der Waals surface area contributed by atoms with Crippen LogP contribution in [0.5, 0.6) is 5.75 Å². The zero-order valence-corrected chi connectivity index (χ0v) is 18.0. The maximum atomic E-state index is 12.7.